The van der Waals surface area contributed by atoms with Gasteiger partial charge in [-0.1, -0.05) is 35.5 Å². The van der Waals surface area contributed by atoms with Crippen LogP contribution in [0.3, 0.4) is 0 Å². The van der Waals surface area contributed by atoms with Crippen LogP contribution in [0.25, 0.3) is 0 Å². The molecule has 5 nitrogen and oxygen atoms in total. The number of benzene rings is 1. The Bertz CT molecular complexity index is 530. The van der Waals surface area contributed by atoms with Crippen molar-refractivity contribution < 1.29 is 13.6 Å². The molecule has 2 rings (SSSR count). The summed E-state index contributed by atoms with van der Waals surface area (Å²) in [6.07, 6.45) is 1.56. The van der Waals surface area contributed by atoms with Crippen molar-refractivity contribution in [2.45, 2.75) is 19.3 Å². The second-order valence-electron chi connectivity index (χ2n) is 4.62. The summed E-state index contributed by atoms with van der Waals surface area (Å²) in [5.74, 6) is 0.128. The van der Waals surface area contributed by atoms with Gasteiger partial charge in [0.1, 0.15) is 0 Å². The van der Waals surface area contributed by atoms with Gasteiger partial charge in [0.25, 0.3) is 0 Å². The molecule has 0 aliphatic carbocycles. The fourth-order valence-corrected chi connectivity index (χ4v) is 3.63. The molecular weight excluding hydrogens is 264 g/mol. The molecule has 19 heavy (non-hydrogen) atoms. The topological polar surface area (TPSA) is 70.0 Å². The molecule has 0 bridgehead atoms. The number of hydrogen-bond donors (Lipinski definition) is 1. The van der Waals surface area contributed by atoms with Crippen molar-refractivity contribution in [3.63, 3.8) is 0 Å². The van der Waals surface area contributed by atoms with E-state index in [-0.39, 0.29) is 5.75 Å². The average molecular weight is 282 g/mol. The molecular formula is C13H18N2O3S. The van der Waals surface area contributed by atoms with Crippen molar-refractivity contribution in [1.82, 2.24) is 4.31 Å². The van der Waals surface area contributed by atoms with Gasteiger partial charge >= 0.3 is 0 Å². The van der Waals surface area contributed by atoms with Gasteiger partial charge < -0.3 is 5.21 Å². The standard InChI is InChI=1S/C13H18N2O3S/c16-14-13-6-9-15(10-7-13)19(17,18)11-8-12-4-2-1-3-5-12/h1-5,16H,6-11H2. The monoisotopic (exact) mass is 282 g/mol. The van der Waals surface area contributed by atoms with Gasteiger partial charge in [0.2, 0.25) is 10.0 Å². The number of oxime groups is 1. The first-order chi connectivity index (χ1) is 9.12. The lowest BCUT2D eigenvalue weighted by atomic mass is 10.1. The lowest BCUT2D eigenvalue weighted by molar-refractivity contribution is 0.310. The Morgan fingerprint density at radius 2 is 1.79 bits per heavy atom. The minimum absolute atomic E-state index is 0.128. The van der Waals surface area contributed by atoms with Crippen LogP contribution >= 0.6 is 0 Å². The van der Waals surface area contributed by atoms with Crippen LogP contribution in [0.15, 0.2) is 35.5 Å². The van der Waals surface area contributed by atoms with E-state index < -0.39 is 10.0 Å². The third-order valence-corrected chi connectivity index (χ3v) is 5.20. The number of rotatable bonds is 4. The van der Waals surface area contributed by atoms with Crippen molar-refractivity contribution in [3.05, 3.63) is 35.9 Å². The maximum atomic E-state index is 12.2. The molecule has 0 amide bonds. The molecule has 6 heteroatoms. The quantitative estimate of drug-likeness (QED) is 0.672. The highest BCUT2D eigenvalue weighted by atomic mass is 32.2. The fourth-order valence-electron chi connectivity index (χ4n) is 2.14. The average Bonchev–Trinajstić information content (AvgIpc) is 2.46. The van der Waals surface area contributed by atoms with Crippen LogP contribution in [0, 0.1) is 0 Å². The molecule has 1 aromatic carbocycles. The molecule has 0 aromatic heterocycles. The minimum atomic E-state index is -3.22. The third kappa shape index (κ3) is 3.78. The highest BCUT2D eigenvalue weighted by molar-refractivity contribution is 7.89. The third-order valence-electron chi connectivity index (χ3n) is 3.33. The molecule has 1 aliphatic heterocycles. The van der Waals surface area contributed by atoms with Crippen molar-refractivity contribution in [1.29, 1.82) is 0 Å². The molecule has 0 radical (unpaired) electrons. The predicted octanol–water partition coefficient (Wildman–Crippen LogP) is 1.48. The molecule has 1 fully saturated rings. The molecule has 0 unspecified atom stereocenters. The summed E-state index contributed by atoms with van der Waals surface area (Å²) in [7, 11) is -3.22. The maximum Gasteiger partial charge on any atom is 0.214 e. The Balaban J connectivity index is 1.92. The second-order valence-corrected chi connectivity index (χ2v) is 6.71. The normalized spacial score (nSPS) is 17.4. The highest BCUT2D eigenvalue weighted by Crippen LogP contribution is 2.13. The van der Waals surface area contributed by atoms with E-state index in [2.05, 4.69) is 5.16 Å². The smallest absolute Gasteiger partial charge is 0.214 e. The minimum Gasteiger partial charge on any atom is -0.411 e. The van der Waals surface area contributed by atoms with Crippen LogP contribution in [0.1, 0.15) is 18.4 Å². The van der Waals surface area contributed by atoms with Gasteiger partial charge in [-0.15, -0.1) is 0 Å². The largest absolute Gasteiger partial charge is 0.411 e. The molecule has 1 saturated heterocycles. The van der Waals surface area contributed by atoms with Crippen molar-refractivity contribution in [3.8, 4) is 0 Å². The van der Waals surface area contributed by atoms with Crippen LogP contribution in [0.5, 0.6) is 0 Å². The molecule has 0 atom stereocenters. The van der Waals surface area contributed by atoms with Crippen LogP contribution < -0.4 is 0 Å². The first-order valence-corrected chi connectivity index (χ1v) is 7.94. The number of sulfonamides is 1. The lowest BCUT2D eigenvalue weighted by Crippen LogP contribution is -2.40. The fraction of sp³-hybridized carbons (Fsp3) is 0.462. The SMILES string of the molecule is O=S(=O)(CCc1ccccc1)N1CCC(=NO)CC1. The van der Waals surface area contributed by atoms with Crippen molar-refractivity contribution in [2.24, 2.45) is 5.16 Å². The molecule has 1 heterocycles. The summed E-state index contributed by atoms with van der Waals surface area (Å²) in [6.45, 7) is 0.826. The summed E-state index contributed by atoms with van der Waals surface area (Å²) in [5, 5.41) is 11.8. The summed E-state index contributed by atoms with van der Waals surface area (Å²) in [5.41, 5.74) is 1.70. The lowest BCUT2D eigenvalue weighted by Gasteiger charge is -2.26. The summed E-state index contributed by atoms with van der Waals surface area (Å²) < 4.78 is 25.8. The van der Waals surface area contributed by atoms with E-state index in [1.54, 1.807) is 0 Å². The Morgan fingerprint density at radius 3 is 2.37 bits per heavy atom. The van der Waals surface area contributed by atoms with Gasteiger partial charge in [-0.05, 0) is 12.0 Å². The molecule has 104 valence electrons. The zero-order chi connectivity index (χ0) is 13.7. The zero-order valence-corrected chi connectivity index (χ0v) is 11.5. The van der Waals surface area contributed by atoms with Crippen molar-refractivity contribution in [2.75, 3.05) is 18.8 Å². The van der Waals surface area contributed by atoms with Gasteiger partial charge in [0.05, 0.1) is 11.5 Å². The van der Waals surface area contributed by atoms with E-state index in [1.165, 1.54) is 4.31 Å². The van der Waals surface area contributed by atoms with Gasteiger partial charge in [-0.25, -0.2) is 12.7 Å². The van der Waals surface area contributed by atoms with Gasteiger partial charge in [0, 0.05) is 25.9 Å². The van der Waals surface area contributed by atoms with E-state index in [1.807, 2.05) is 30.3 Å². The zero-order valence-electron chi connectivity index (χ0n) is 10.7. The maximum absolute atomic E-state index is 12.2. The highest BCUT2D eigenvalue weighted by Gasteiger charge is 2.25. The molecule has 1 aromatic rings. The molecule has 0 spiro atoms. The van der Waals surface area contributed by atoms with Crippen LogP contribution in [-0.4, -0.2) is 42.5 Å². The van der Waals surface area contributed by atoms with Crippen LogP contribution in [-0.2, 0) is 16.4 Å². The number of piperidine rings is 1. The number of hydrogen-bond acceptors (Lipinski definition) is 4. The first-order valence-electron chi connectivity index (χ1n) is 6.33. The van der Waals surface area contributed by atoms with E-state index in [0.29, 0.717) is 38.1 Å². The van der Waals surface area contributed by atoms with Gasteiger partial charge in [-0.3, -0.25) is 0 Å². The van der Waals surface area contributed by atoms with Crippen molar-refractivity contribution >= 4 is 15.7 Å². The Kier molecular flexibility index (Phi) is 4.55. The number of nitrogens with zero attached hydrogens (tertiary/aromatic N) is 2. The van der Waals surface area contributed by atoms with Crippen LogP contribution in [0.2, 0.25) is 0 Å². The van der Waals surface area contributed by atoms with Crippen LogP contribution in [0.4, 0.5) is 0 Å². The Morgan fingerprint density at radius 1 is 1.16 bits per heavy atom. The molecule has 0 saturated carbocycles. The Hall–Kier alpha value is -1.40. The van der Waals surface area contributed by atoms with E-state index in [0.717, 1.165) is 5.56 Å². The predicted molar refractivity (Wildman–Crippen MR) is 74.0 cm³/mol. The first kappa shape index (κ1) is 14.0. The second kappa shape index (κ2) is 6.16. The Labute approximate surface area is 113 Å². The van der Waals surface area contributed by atoms with E-state index in [4.69, 9.17) is 5.21 Å². The number of aryl methyl sites for hydroxylation is 1. The summed E-state index contributed by atoms with van der Waals surface area (Å²) >= 11 is 0. The molecule has 1 aliphatic rings. The van der Waals surface area contributed by atoms with Gasteiger partial charge in [0.15, 0.2) is 0 Å². The summed E-state index contributed by atoms with van der Waals surface area (Å²) in [6, 6.07) is 9.60. The van der Waals surface area contributed by atoms with E-state index in [9.17, 15) is 8.42 Å². The van der Waals surface area contributed by atoms with E-state index >= 15 is 0 Å². The summed E-state index contributed by atoms with van der Waals surface area (Å²) in [4.78, 5) is 0. The van der Waals surface area contributed by atoms with Gasteiger partial charge in [-0.2, -0.15) is 0 Å². The molecule has 1 N–H and O–H groups in total.